The predicted octanol–water partition coefficient (Wildman–Crippen LogP) is 3.30. The number of aromatic nitrogens is 4. The molecule has 1 unspecified atom stereocenters. The van der Waals surface area contributed by atoms with Crippen molar-refractivity contribution in [1.29, 1.82) is 0 Å². The Morgan fingerprint density at radius 2 is 1.97 bits per heavy atom. The van der Waals surface area contributed by atoms with Gasteiger partial charge in [-0.3, -0.25) is 9.97 Å². The number of hydrogen-bond donors (Lipinski definition) is 3. The van der Waals surface area contributed by atoms with Crippen LogP contribution in [0.2, 0.25) is 0 Å². The summed E-state index contributed by atoms with van der Waals surface area (Å²) in [4.78, 5) is 16.5. The molecule has 3 aromatic heterocycles. The number of para-hydroxylation sites is 1. The summed E-state index contributed by atoms with van der Waals surface area (Å²) in [6, 6.07) is 7.88. The molecule has 1 aromatic carbocycles. The molecular weight excluding hydrogens is 394 g/mol. The lowest BCUT2D eigenvalue weighted by molar-refractivity contribution is 0.300. The summed E-state index contributed by atoms with van der Waals surface area (Å²) in [5, 5.41) is 14.0. The molecule has 0 aliphatic heterocycles. The van der Waals surface area contributed by atoms with Gasteiger partial charge in [-0.25, -0.2) is 4.98 Å². The van der Waals surface area contributed by atoms with E-state index in [-0.39, 0.29) is 12.6 Å². The van der Waals surface area contributed by atoms with Gasteiger partial charge < -0.3 is 24.9 Å². The molecule has 0 bridgehead atoms. The summed E-state index contributed by atoms with van der Waals surface area (Å²) < 4.78 is 10.5. The Labute approximate surface area is 180 Å². The van der Waals surface area contributed by atoms with Crippen LogP contribution < -0.4 is 14.8 Å². The third-order valence-corrected chi connectivity index (χ3v) is 5.20. The molecule has 0 radical (unpaired) electrons. The normalized spacial score (nSPS) is 12.0. The number of benzene rings is 1. The van der Waals surface area contributed by atoms with E-state index in [1.165, 1.54) is 0 Å². The lowest BCUT2D eigenvalue weighted by Gasteiger charge is -2.19. The van der Waals surface area contributed by atoms with Crippen LogP contribution in [0, 0.1) is 0 Å². The summed E-state index contributed by atoms with van der Waals surface area (Å²) in [6.07, 6.45) is 10.0. The molecule has 0 fully saturated rings. The Hall–Kier alpha value is -3.65. The lowest BCUT2D eigenvalue weighted by atomic mass is 10.0. The first kappa shape index (κ1) is 20.6. The number of nitrogens with one attached hydrogen (secondary N) is 2. The fourth-order valence-electron chi connectivity index (χ4n) is 3.64. The van der Waals surface area contributed by atoms with Crippen molar-refractivity contribution in [2.45, 2.75) is 18.9 Å². The highest BCUT2D eigenvalue weighted by atomic mass is 16.5. The number of methoxy groups -OCH3 is 2. The van der Waals surface area contributed by atoms with Crippen LogP contribution in [0.5, 0.6) is 11.6 Å². The Balaban J connectivity index is 1.68. The van der Waals surface area contributed by atoms with Crippen molar-refractivity contribution in [3.8, 4) is 11.6 Å². The van der Waals surface area contributed by atoms with Crippen LogP contribution >= 0.6 is 0 Å². The van der Waals surface area contributed by atoms with Crippen molar-refractivity contribution in [3.05, 3.63) is 72.1 Å². The first-order valence-electron chi connectivity index (χ1n) is 10.0. The Morgan fingerprint density at radius 3 is 2.71 bits per heavy atom. The van der Waals surface area contributed by atoms with Crippen molar-refractivity contribution in [2.75, 3.05) is 26.1 Å². The van der Waals surface area contributed by atoms with Gasteiger partial charge in [0, 0.05) is 36.2 Å². The van der Waals surface area contributed by atoms with Crippen LogP contribution in [0.3, 0.4) is 0 Å². The minimum atomic E-state index is -0.159. The highest BCUT2D eigenvalue weighted by Gasteiger charge is 2.18. The quantitative estimate of drug-likeness (QED) is 0.382. The van der Waals surface area contributed by atoms with Gasteiger partial charge in [0.2, 0.25) is 5.88 Å². The number of aliphatic hydroxyl groups is 1. The maximum absolute atomic E-state index is 9.36. The van der Waals surface area contributed by atoms with Gasteiger partial charge in [0.25, 0.3) is 0 Å². The second-order valence-corrected chi connectivity index (χ2v) is 7.13. The van der Waals surface area contributed by atoms with Gasteiger partial charge in [-0.2, -0.15) is 0 Å². The molecule has 0 spiro atoms. The largest absolute Gasteiger partial charge is 0.495 e. The van der Waals surface area contributed by atoms with Crippen molar-refractivity contribution in [1.82, 2.24) is 19.9 Å². The minimum Gasteiger partial charge on any atom is -0.495 e. The highest BCUT2D eigenvalue weighted by Crippen LogP contribution is 2.29. The highest BCUT2D eigenvalue weighted by molar-refractivity contribution is 5.86. The van der Waals surface area contributed by atoms with Gasteiger partial charge in [-0.05, 0) is 17.5 Å². The monoisotopic (exact) mass is 419 g/mol. The lowest BCUT2D eigenvalue weighted by Crippen LogP contribution is -2.16. The summed E-state index contributed by atoms with van der Waals surface area (Å²) >= 11 is 0. The minimum absolute atomic E-state index is 0.113. The number of nitrogens with zero attached hydrogens (tertiary/aromatic N) is 3. The molecule has 4 rings (SSSR count). The van der Waals surface area contributed by atoms with Gasteiger partial charge in [0.15, 0.2) is 0 Å². The maximum Gasteiger partial charge on any atom is 0.231 e. The van der Waals surface area contributed by atoms with Crippen LogP contribution in [0.1, 0.15) is 22.9 Å². The van der Waals surface area contributed by atoms with Gasteiger partial charge in [0.1, 0.15) is 5.75 Å². The van der Waals surface area contributed by atoms with Crippen LogP contribution in [0.15, 0.2) is 55.2 Å². The number of hydrogen-bond acceptors (Lipinski definition) is 7. The fourth-order valence-corrected chi connectivity index (χ4v) is 3.64. The van der Waals surface area contributed by atoms with E-state index >= 15 is 0 Å². The first-order chi connectivity index (χ1) is 15.2. The number of pyridine rings is 1. The third kappa shape index (κ3) is 4.59. The van der Waals surface area contributed by atoms with Crippen LogP contribution in [0.4, 0.5) is 5.69 Å². The van der Waals surface area contributed by atoms with Crippen LogP contribution in [-0.4, -0.2) is 45.9 Å². The Morgan fingerprint density at radius 1 is 1.06 bits per heavy atom. The molecule has 0 saturated heterocycles. The summed E-state index contributed by atoms with van der Waals surface area (Å²) in [6.45, 7) is 0.113. The Kier molecular flexibility index (Phi) is 6.28. The van der Waals surface area contributed by atoms with Gasteiger partial charge in [0.05, 0.1) is 56.4 Å². The Bertz CT molecular complexity index is 1140. The SMILES string of the molecule is COc1cncc(NC(Cc2c[nH]c3c(CCO)cccc23)c2cnc(OC)cn2)c1. The second kappa shape index (κ2) is 9.44. The van der Waals surface area contributed by atoms with E-state index in [1.54, 1.807) is 39.0 Å². The zero-order valence-corrected chi connectivity index (χ0v) is 17.5. The zero-order chi connectivity index (χ0) is 21.6. The number of fused-ring (bicyclic) bond motifs is 1. The predicted molar refractivity (Wildman–Crippen MR) is 119 cm³/mol. The van der Waals surface area contributed by atoms with Crippen LogP contribution in [0.25, 0.3) is 10.9 Å². The average Bonchev–Trinajstić information content (AvgIpc) is 3.23. The molecule has 3 heterocycles. The number of anilines is 1. The van der Waals surface area contributed by atoms with Crippen molar-refractivity contribution < 1.29 is 14.6 Å². The molecule has 4 aromatic rings. The molecular formula is C23H25N5O3. The van der Waals surface area contributed by atoms with E-state index in [4.69, 9.17) is 9.47 Å². The summed E-state index contributed by atoms with van der Waals surface area (Å²) in [5.74, 6) is 1.14. The van der Waals surface area contributed by atoms with Crippen LogP contribution in [-0.2, 0) is 12.8 Å². The first-order valence-corrected chi connectivity index (χ1v) is 10.0. The molecule has 0 saturated carbocycles. The molecule has 3 N–H and O–H groups in total. The van der Waals surface area contributed by atoms with E-state index in [0.717, 1.165) is 33.4 Å². The second-order valence-electron chi connectivity index (χ2n) is 7.13. The number of ether oxygens (including phenoxy) is 2. The summed E-state index contributed by atoms with van der Waals surface area (Å²) in [7, 11) is 3.18. The zero-order valence-electron chi connectivity index (χ0n) is 17.5. The third-order valence-electron chi connectivity index (χ3n) is 5.20. The number of rotatable bonds is 9. The average molecular weight is 419 g/mol. The topological polar surface area (TPSA) is 105 Å². The number of aliphatic hydroxyl groups excluding tert-OH is 1. The molecule has 160 valence electrons. The fraction of sp³-hybridized carbons (Fsp3) is 0.261. The van der Waals surface area contributed by atoms with Gasteiger partial charge in [-0.1, -0.05) is 18.2 Å². The number of H-pyrrole nitrogens is 1. The molecule has 0 aliphatic carbocycles. The standard InChI is InChI=1S/C23H25N5O3/c1-30-18-9-17(11-24-12-18)28-20(21-13-26-22(31-2)14-25-21)8-16-10-27-23-15(6-7-29)4-3-5-19(16)23/h3-5,9-14,20,27-29H,6-8H2,1-2H3. The van der Waals surface area contributed by atoms with Crippen molar-refractivity contribution in [2.24, 2.45) is 0 Å². The van der Waals surface area contributed by atoms with Gasteiger partial charge in [-0.15, -0.1) is 0 Å². The van der Waals surface area contributed by atoms with E-state index in [9.17, 15) is 5.11 Å². The smallest absolute Gasteiger partial charge is 0.231 e. The molecule has 0 aliphatic rings. The van der Waals surface area contributed by atoms with Gasteiger partial charge >= 0.3 is 0 Å². The van der Waals surface area contributed by atoms with E-state index in [0.29, 0.717) is 24.5 Å². The van der Waals surface area contributed by atoms with Crippen molar-refractivity contribution in [3.63, 3.8) is 0 Å². The molecule has 8 heteroatoms. The molecule has 0 amide bonds. The molecule has 31 heavy (non-hydrogen) atoms. The van der Waals surface area contributed by atoms with E-state index in [1.807, 2.05) is 24.4 Å². The van der Waals surface area contributed by atoms with Crippen molar-refractivity contribution >= 4 is 16.6 Å². The summed E-state index contributed by atoms with van der Waals surface area (Å²) in [5.41, 5.74) is 4.89. The molecule has 1 atom stereocenters. The van der Waals surface area contributed by atoms with E-state index < -0.39 is 0 Å². The number of aromatic amines is 1. The molecule has 8 nitrogen and oxygen atoms in total. The maximum atomic E-state index is 9.36. The van der Waals surface area contributed by atoms with E-state index in [2.05, 4.69) is 31.3 Å².